The first-order valence-corrected chi connectivity index (χ1v) is 10.8. The quantitative estimate of drug-likeness (QED) is 0.507. The molecule has 3 aromatic carbocycles. The summed E-state index contributed by atoms with van der Waals surface area (Å²) < 4.78 is 0. The molecule has 0 saturated carbocycles. The molecular formula is C25H20Cl2N2O3. The van der Waals surface area contributed by atoms with Gasteiger partial charge in [-0.2, -0.15) is 0 Å². The van der Waals surface area contributed by atoms with E-state index in [1.54, 1.807) is 0 Å². The van der Waals surface area contributed by atoms with Crippen LogP contribution in [0.1, 0.15) is 37.4 Å². The van der Waals surface area contributed by atoms with Crippen molar-refractivity contribution in [1.29, 1.82) is 0 Å². The number of nitrogens with one attached hydrogen (secondary N) is 1. The Bertz CT molecular complexity index is 1200. The molecule has 3 aromatic rings. The standard InChI is InChI=1S/C25H20Cl2N2O3/c1-14-8-9-15(2)21(10-14)28-23(30)22(11-16-6-4-3-5-7-16)29-24(31)17-12-19(26)20(27)13-18(17)25(29)32/h3-10,12-13,22H,11H2,1-2H3,(H,28,30). The van der Waals surface area contributed by atoms with Crippen molar-refractivity contribution in [3.05, 3.63) is 98.5 Å². The molecule has 3 amide bonds. The van der Waals surface area contributed by atoms with Crippen LogP contribution in [0.4, 0.5) is 5.69 Å². The molecule has 4 rings (SSSR count). The summed E-state index contributed by atoms with van der Waals surface area (Å²) in [5.74, 6) is -1.59. The van der Waals surface area contributed by atoms with Gasteiger partial charge >= 0.3 is 0 Å². The van der Waals surface area contributed by atoms with Gasteiger partial charge < -0.3 is 5.32 Å². The molecule has 0 fully saturated rings. The molecule has 1 aliphatic rings. The molecule has 0 saturated heterocycles. The number of aryl methyl sites for hydroxylation is 2. The molecule has 162 valence electrons. The predicted octanol–water partition coefficient (Wildman–Crippen LogP) is 5.46. The van der Waals surface area contributed by atoms with E-state index in [1.807, 2.05) is 62.4 Å². The number of nitrogens with zero attached hydrogens (tertiary/aromatic N) is 1. The molecular weight excluding hydrogens is 447 g/mol. The number of halogens is 2. The number of anilines is 1. The number of hydrogen-bond donors (Lipinski definition) is 1. The highest BCUT2D eigenvalue weighted by atomic mass is 35.5. The van der Waals surface area contributed by atoms with Crippen LogP contribution >= 0.6 is 23.2 Å². The fourth-order valence-electron chi connectivity index (χ4n) is 3.76. The van der Waals surface area contributed by atoms with Gasteiger partial charge in [0.05, 0.1) is 21.2 Å². The number of rotatable bonds is 5. The Morgan fingerprint density at radius 2 is 1.50 bits per heavy atom. The van der Waals surface area contributed by atoms with Gasteiger partial charge in [0.25, 0.3) is 11.8 Å². The van der Waals surface area contributed by atoms with Crippen LogP contribution in [0.3, 0.4) is 0 Å². The summed E-state index contributed by atoms with van der Waals surface area (Å²) >= 11 is 12.1. The highest BCUT2D eigenvalue weighted by Crippen LogP contribution is 2.33. The zero-order valence-electron chi connectivity index (χ0n) is 17.5. The van der Waals surface area contributed by atoms with Crippen molar-refractivity contribution >= 4 is 46.6 Å². The number of imide groups is 1. The van der Waals surface area contributed by atoms with E-state index in [4.69, 9.17) is 23.2 Å². The molecule has 32 heavy (non-hydrogen) atoms. The van der Waals surface area contributed by atoms with Crippen LogP contribution in [0.15, 0.2) is 60.7 Å². The lowest BCUT2D eigenvalue weighted by atomic mass is 10.0. The Morgan fingerprint density at radius 1 is 0.906 bits per heavy atom. The summed E-state index contributed by atoms with van der Waals surface area (Å²) in [4.78, 5) is 40.8. The number of benzene rings is 3. The SMILES string of the molecule is Cc1ccc(C)c(NC(=O)C(Cc2ccccc2)N2C(=O)c3cc(Cl)c(Cl)cc3C2=O)c1. The summed E-state index contributed by atoms with van der Waals surface area (Å²) in [5.41, 5.74) is 3.60. The zero-order valence-corrected chi connectivity index (χ0v) is 19.0. The normalized spacial score (nSPS) is 13.8. The van der Waals surface area contributed by atoms with Crippen molar-refractivity contribution in [3.63, 3.8) is 0 Å². The van der Waals surface area contributed by atoms with Crippen molar-refractivity contribution in [2.24, 2.45) is 0 Å². The highest BCUT2D eigenvalue weighted by molar-refractivity contribution is 6.43. The van der Waals surface area contributed by atoms with Gasteiger partial charge in [0.1, 0.15) is 6.04 Å². The second-order valence-corrected chi connectivity index (χ2v) is 8.62. The van der Waals surface area contributed by atoms with Crippen molar-refractivity contribution in [3.8, 4) is 0 Å². The van der Waals surface area contributed by atoms with E-state index in [-0.39, 0.29) is 27.6 Å². The number of carbonyl (C=O) groups is 3. The van der Waals surface area contributed by atoms with Gasteiger partial charge in [-0.1, -0.05) is 65.7 Å². The van der Waals surface area contributed by atoms with Crippen LogP contribution in [-0.2, 0) is 11.2 Å². The molecule has 1 aliphatic heterocycles. The van der Waals surface area contributed by atoms with Gasteiger partial charge in [0, 0.05) is 12.1 Å². The van der Waals surface area contributed by atoms with Gasteiger partial charge in [-0.3, -0.25) is 19.3 Å². The molecule has 5 nitrogen and oxygen atoms in total. The molecule has 1 heterocycles. The minimum absolute atomic E-state index is 0.141. The second kappa shape index (κ2) is 8.77. The van der Waals surface area contributed by atoms with E-state index in [9.17, 15) is 14.4 Å². The number of fused-ring (bicyclic) bond motifs is 1. The molecule has 7 heteroatoms. The maximum Gasteiger partial charge on any atom is 0.262 e. The third-order valence-corrected chi connectivity index (χ3v) is 6.22. The monoisotopic (exact) mass is 466 g/mol. The Hall–Kier alpha value is -3.15. The molecule has 0 spiro atoms. The lowest BCUT2D eigenvalue weighted by Gasteiger charge is -2.26. The lowest BCUT2D eigenvalue weighted by molar-refractivity contribution is -0.119. The average Bonchev–Trinajstić information content (AvgIpc) is 2.99. The van der Waals surface area contributed by atoms with Crippen LogP contribution in [0.5, 0.6) is 0 Å². The first kappa shape index (κ1) is 22.1. The third kappa shape index (κ3) is 4.14. The summed E-state index contributed by atoms with van der Waals surface area (Å²) in [5, 5.41) is 3.25. The van der Waals surface area contributed by atoms with Gasteiger partial charge in [-0.05, 0) is 48.7 Å². The van der Waals surface area contributed by atoms with Crippen LogP contribution < -0.4 is 5.32 Å². The Labute approximate surface area is 195 Å². The Balaban J connectivity index is 1.73. The second-order valence-electron chi connectivity index (χ2n) is 7.81. The Morgan fingerprint density at radius 3 is 2.09 bits per heavy atom. The molecule has 1 atom stereocenters. The topological polar surface area (TPSA) is 66.5 Å². The maximum absolute atomic E-state index is 13.4. The Kier molecular flexibility index (Phi) is 6.04. The summed E-state index contributed by atoms with van der Waals surface area (Å²) in [6.45, 7) is 3.81. The smallest absolute Gasteiger partial charge is 0.262 e. The van der Waals surface area contributed by atoms with Crippen molar-refractivity contribution in [2.45, 2.75) is 26.3 Å². The van der Waals surface area contributed by atoms with E-state index in [0.29, 0.717) is 5.69 Å². The predicted molar refractivity (Wildman–Crippen MR) is 125 cm³/mol. The zero-order chi connectivity index (χ0) is 23.0. The summed E-state index contributed by atoms with van der Waals surface area (Å²) in [6.07, 6.45) is 0.171. The van der Waals surface area contributed by atoms with Crippen LogP contribution in [0.2, 0.25) is 10.0 Å². The molecule has 0 radical (unpaired) electrons. The van der Waals surface area contributed by atoms with E-state index in [0.717, 1.165) is 21.6 Å². The molecule has 0 aliphatic carbocycles. The van der Waals surface area contributed by atoms with Crippen molar-refractivity contribution in [2.75, 3.05) is 5.32 Å². The number of amides is 3. The first-order chi connectivity index (χ1) is 15.3. The summed E-state index contributed by atoms with van der Waals surface area (Å²) in [7, 11) is 0. The van der Waals surface area contributed by atoms with E-state index >= 15 is 0 Å². The van der Waals surface area contributed by atoms with Gasteiger partial charge in [0.15, 0.2) is 0 Å². The van der Waals surface area contributed by atoms with E-state index < -0.39 is 23.8 Å². The van der Waals surface area contributed by atoms with Crippen LogP contribution in [0, 0.1) is 13.8 Å². The largest absolute Gasteiger partial charge is 0.324 e. The first-order valence-electron chi connectivity index (χ1n) is 10.0. The van der Waals surface area contributed by atoms with Crippen molar-refractivity contribution < 1.29 is 14.4 Å². The van der Waals surface area contributed by atoms with E-state index in [1.165, 1.54) is 12.1 Å². The minimum atomic E-state index is -1.05. The average molecular weight is 467 g/mol. The maximum atomic E-state index is 13.4. The molecule has 0 bridgehead atoms. The van der Waals surface area contributed by atoms with Gasteiger partial charge in [-0.25, -0.2) is 0 Å². The minimum Gasteiger partial charge on any atom is -0.324 e. The van der Waals surface area contributed by atoms with Gasteiger partial charge in [-0.15, -0.1) is 0 Å². The molecule has 0 aromatic heterocycles. The fourth-order valence-corrected chi connectivity index (χ4v) is 4.09. The lowest BCUT2D eigenvalue weighted by Crippen LogP contribution is -2.48. The third-order valence-electron chi connectivity index (χ3n) is 5.50. The highest BCUT2D eigenvalue weighted by Gasteiger charge is 2.43. The van der Waals surface area contributed by atoms with E-state index in [2.05, 4.69) is 5.32 Å². The molecule has 1 N–H and O–H groups in total. The van der Waals surface area contributed by atoms with Crippen molar-refractivity contribution in [1.82, 2.24) is 4.90 Å². The van der Waals surface area contributed by atoms with Gasteiger partial charge in [0.2, 0.25) is 5.91 Å². The fraction of sp³-hybridized carbons (Fsp3) is 0.160. The molecule has 1 unspecified atom stereocenters. The van der Waals surface area contributed by atoms with Crippen LogP contribution in [0.25, 0.3) is 0 Å². The van der Waals surface area contributed by atoms with Crippen LogP contribution in [-0.4, -0.2) is 28.7 Å². The number of hydrogen-bond acceptors (Lipinski definition) is 3. The summed E-state index contributed by atoms with van der Waals surface area (Å²) in [6, 6.07) is 16.7. The number of carbonyl (C=O) groups excluding carboxylic acids is 3.